The van der Waals surface area contributed by atoms with E-state index >= 15 is 0 Å². The van der Waals surface area contributed by atoms with Crippen molar-refractivity contribution >= 4 is 38.2 Å². The third kappa shape index (κ3) is 5.32. The zero-order valence-electron chi connectivity index (χ0n) is 16.4. The summed E-state index contributed by atoms with van der Waals surface area (Å²) in [6.07, 6.45) is 0.938. The highest BCUT2D eigenvalue weighted by molar-refractivity contribution is 7.90. The Morgan fingerprint density at radius 3 is 2.63 bits per heavy atom. The topological polar surface area (TPSA) is 118 Å². The van der Waals surface area contributed by atoms with Crippen LogP contribution in [0.15, 0.2) is 23.1 Å². The van der Waals surface area contributed by atoms with Crippen LogP contribution in [0, 0.1) is 12.7 Å². The van der Waals surface area contributed by atoms with Crippen LogP contribution >= 0.6 is 11.3 Å². The van der Waals surface area contributed by atoms with Gasteiger partial charge < -0.3 is 15.0 Å². The van der Waals surface area contributed by atoms with E-state index in [1.807, 2.05) is 0 Å². The van der Waals surface area contributed by atoms with Crippen LogP contribution in [0.5, 0.6) is 0 Å². The number of ether oxygens (including phenoxy) is 1. The summed E-state index contributed by atoms with van der Waals surface area (Å²) in [6.45, 7) is 3.48. The van der Waals surface area contributed by atoms with Gasteiger partial charge in [0.2, 0.25) is 5.91 Å². The lowest BCUT2D eigenvalue weighted by Crippen LogP contribution is -2.46. The van der Waals surface area contributed by atoms with Gasteiger partial charge in [0.05, 0.1) is 30.3 Å². The molecule has 3 amide bonds. The van der Waals surface area contributed by atoms with Crippen LogP contribution in [-0.4, -0.2) is 69.3 Å². The minimum Gasteiger partial charge on any atom is -0.378 e. The SMILES string of the molecule is Cc1nc(NC(=O)NCC(=O)N2CCOCC2)sc1-c1ccc(S(C)(=O)=O)c(F)c1. The monoisotopic (exact) mass is 456 g/mol. The maximum atomic E-state index is 14.2. The number of hydrogen-bond donors (Lipinski definition) is 2. The van der Waals surface area contributed by atoms with Gasteiger partial charge in [-0.05, 0) is 24.6 Å². The number of aromatic nitrogens is 1. The van der Waals surface area contributed by atoms with Crippen molar-refractivity contribution in [3.8, 4) is 10.4 Å². The smallest absolute Gasteiger partial charge is 0.321 e. The number of amides is 3. The van der Waals surface area contributed by atoms with E-state index in [1.165, 1.54) is 12.1 Å². The number of anilines is 1. The number of rotatable bonds is 5. The maximum absolute atomic E-state index is 14.2. The predicted molar refractivity (Wildman–Crippen MR) is 110 cm³/mol. The second kappa shape index (κ2) is 9.06. The van der Waals surface area contributed by atoms with Gasteiger partial charge in [-0.2, -0.15) is 0 Å². The Morgan fingerprint density at radius 1 is 1.30 bits per heavy atom. The number of sulfone groups is 1. The van der Waals surface area contributed by atoms with Crippen molar-refractivity contribution in [2.75, 3.05) is 44.4 Å². The summed E-state index contributed by atoms with van der Waals surface area (Å²) >= 11 is 1.11. The van der Waals surface area contributed by atoms with Crippen LogP contribution in [-0.2, 0) is 19.4 Å². The molecule has 1 aromatic heterocycles. The highest BCUT2D eigenvalue weighted by atomic mass is 32.2. The van der Waals surface area contributed by atoms with E-state index in [4.69, 9.17) is 4.74 Å². The minimum absolute atomic E-state index is 0.152. The second-order valence-corrected chi connectivity index (χ2v) is 9.63. The van der Waals surface area contributed by atoms with Gasteiger partial charge in [-0.15, -0.1) is 0 Å². The molecule has 12 heteroatoms. The molecule has 3 rings (SSSR count). The molecular formula is C18H21FN4O5S2. The van der Waals surface area contributed by atoms with Crippen LogP contribution in [0.25, 0.3) is 10.4 Å². The van der Waals surface area contributed by atoms with Gasteiger partial charge in [-0.1, -0.05) is 17.4 Å². The molecule has 0 spiro atoms. The fourth-order valence-corrected chi connectivity index (χ4v) is 4.57. The Morgan fingerprint density at radius 2 is 2.00 bits per heavy atom. The molecule has 1 fully saturated rings. The summed E-state index contributed by atoms with van der Waals surface area (Å²) in [4.78, 5) is 30.2. The van der Waals surface area contributed by atoms with Gasteiger partial charge in [-0.3, -0.25) is 10.1 Å². The van der Waals surface area contributed by atoms with Crippen LogP contribution in [0.1, 0.15) is 5.69 Å². The first-order valence-electron chi connectivity index (χ1n) is 9.03. The molecule has 1 aliphatic rings. The fourth-order valence-electron chi connectivity index (χ4n) is 2.88. The summed E-state index contributed by atoms with van der Waals surface area (Å²) in [5.74, 6) is -1.05. The molecule has 1 saturated heterocycles. The maximum Gasteiger partial charge on any atom is 0.321 e. The van der Waals surface area contributed by atoms with Crippen molar-refractivity contribution in [2.45, 2.75) is 11.8 Å². The molecule has 30 heavy (non-hydrogen) atoms. The van der Waals surface area contributed by atoms with Crippen molar-refractivity contribution in [1.82, 2.24) is 15.2 Å². The van der Waals surface area contributed by atoms with Gasteiger partial charge in [0.1, 0.15) is 10.7 Å². The molecule has 0 aliphatic carbocycles. The third-order valence-corrected chi connectivity index (χ3v) is 6.63. The summed E-state index contributed by atoms with van der Waals surface area (Å²) in [7, 11) is -3.67. The third-order valence-electron chi connectivity index (χ3n) is 4.37. The molecule has 0 atom stereocenters. The number of morpholine rings is 1. The number of carbonyl (C=O) groups is 2. The summed E-state index contributed by atoms with van der Waals surface area (Å²) in [6, 6.07) is 3.23. The van der Waals surface area contributed by atoms with E-state index in [2.05, 4.69) is 15.6 Å². The van der Waals surface area contributed by atoms with Gasteiger partial charge in [0, 0.05) is 19.3 Å². The fraction of sp³-hybridized carbons (Fsp3) is 0.389. The van der Waals surface area contributed by atoms with E-state index < -0.39 is 21.7 Å². The predicted octanol–water partition coefficient (Wildman–Crippen LogP) is 1.64. The van der Waals surface area contributed by atoms with Crippen molar-refractivity contribution in [3.05, 3.63) is 29.7 Å². The minimum atomic E-state index is -3.67. The molecule has 162 valence electrons. The lowest BCUT2D eigenvalue weighted by molar-refractivity contribution is -0.134. The number of nitrogens with zero attached hydrogens (tertiary/aromatic N) is 2. The molecule has 0 bridgehead atoms. The molecule has 2 heterocycles. The number of carbonyl (C=O) groups excluding carboxylic acids is 2. The standard InChI is InChI=1S/C18H21FN4O5S2/c1-11-16(12-3-4-14(13(19)9-12)30(2,26)27)29-18(21-11)22-17(25)20-10-15(24)23-5-7-28-8-6-23/h3-4,9H,5-8,10H2,1-2H3,(H2,20,21,22,25). The van der Waals surface area contributed by atoms with Crippen molar-refractivity contribution in [2.24, 2.45) is 0 Å². The van der Waals surface area contributed by atoms with E-state index in [9.17, 15) is 22.4 Å². The van der Waals surface area contributed by atoms with Crippen molar-refractivity contribution in [1.29, 1.82) is 0 Å². The van der Waals surface area contributed by atoms with Crippen molar-refractivity contribution < 1.29 is 27.1 Å². The number of urea groups is 1. The average molecular weight is 457 g/mol. The van der Waals surface area contributed by atoms with E-state index in [-0.39, 0.29) is 22.5 Å². The Kier molecular flexibility index (Phi) is 6.68. The number of hydrogen-bond acceptors (Lipinski definition) is 7. The molecule has 0 unspecified atom stereocenters. The molecule has 1 aromatic carbocycles. The highest BCUT2D eigenvalue weighted by Gasteiger charge is 2.19. The van der Waals surface area contributed by atoms with Gasteiger partial charge in [-0.25, -0.2) is 22.6 Å². The molecule has 1 aliphatic heterocycles. The summed E-state index contributed by atoms with van der Waals surface area (Å²) < 4.78 is 42.5. The molecule has 2 N–H and O–H groups in total. The highest BCUT2D eigenvalue weighted by Crippen LogP contribution is 2.34. The number of nitrogens with one attached hydrogen (secondary N) is 2. The van der Waals surface area contributed by atoms with E-state index in [1.54, 1.807) is 11.8 Å². The zero-order valence-corrected chi connectivity index (χ0v) is 18.0. The first-order chi connectivity index (χ1) is 14.1. The van der Waals surface area contributed by atoms with Crippen LogP contribution in [0.2, 0.25) is 0 Å². The van der Waals surface area contributed by atoms with Crippen LogP contribution < -0.4 is 10.6 Å². The Hall–Kier alpha value is -2.57. The normalized spacial score (nSPS) is 14.4. The number of aryl methyl sites for hydroxylation is 1. The van der Waals surface area contributed by atoms with Crippen molar-refractivity contribution in [3.63, 3.8) is 0 Å². The average Bonchev–Trinajstić information content (AvgIpc) is 3.05. The van der Waals surface area contributed by atoms with Gasteiger partial charge in [0.25, 0.3) is 0 Å². The van der Waals surface area contributed by atoms with Crippen LogP contribution in [0.4, 0.5) is 14.3 Å². The molecular weight excluding hydrogens is 435 g/mol. The molecule has 0 radical (unpaired) electrons. The largest absolute Gasteiger partial charge is 0.378 e. The molecule has 0 saturated carbocycles. The summed E-state index contributed by atoms with van der Waals surface area (Å²) in [5, 5.41) is 5.31. The van der Waals surface area contributed by atoms with E-state index in [0.29, 0.717) is 42.4 Å². The number of benzene rings is 1. The lowest BCUT2D eigenvalue weighted by atomic mass is 10.1. The Labute approximate surface area is 177 Å². The number of thiazole rings is 1. The van der Waals surface area contributed by atoms with Gasteiger partial charge >= 0.3 is 6.03 Å². The Balaban J connectivity index is 1.64. The first kappa shape index (κ1) is 22.1. The lowest BCUT2D eigenvalue weighted by Gasteiger charge is -2.26. The molecule has 9 nitrogen and oxygen atoms in total. The zero-order chi connectivity index (χ0) is 21.9. The van der Waals surface area contributed by atoms with E-state index in [0.717, 1.165) is 23.7 Å². The Bertz CT molecular complexity index is 1060. The van der Waals surface area contributed by atoms with Crippen LogP contribution in [0.3, 0.4) is 0 Å². The first-order valence-corrected chi connectivity index (χ1v) is 11.7. The number of halogens is 1. The quantitative estimate of drug-likeness (QED) is 0.706. The van der Waals surface area contributed by atoms with Gasteiger partial charge in [0.15, 0.2) is 15.0 Å². The molecule has 2 aromatic rings. The second-order valence-electron chi connectivity index (χ2n) is 6.65. The summed E-state index contributed by atoms with van der Waals surface area (Å²) in [5.41, 5.74) is 0.997.